The van der Waals surface area contributed by atoms with Crippen molar-refractivity contribution in [2.45, 2.75) is 38.6 Å². The average Bonchev–Trinajstić information content (AvgIpc) is 2.70. The zero-order valence-electron chi connectivity index (χ0n) is 17.5. The molecule has 7 heteroatoms. The Morgan fingerprint density at radius 1 is 1.00 bits per heavy atom. The van der Waals surface area contributed by atoms with Crippen LogP contribution in [0.15, 0.2) is 47.4 Å². The van der Waals surface area contributed by atoms with Crippen LogP contribution in [0.4, 0.5) is 5.69 Å². The number of hydrogen-bond acceptors (Lipinski definition) is 3. The number of rotatable bonds is 5. The molecule has 29 heavy (non-hydrogen) atoms. The second-order valence-electron chi connectivity index (χ2n) is 7.90. The number of sulfonamides is 1. The summed E-state index contributed by atoms with van der Waals surface area (Å²) in [5.74, 6) is -0.0384. The van der Waals surface area contributed by atoms with E-state index in [0.29, 0.717) is 31.1 Å². The number of quaternary nitrogens is 1. The van der Waals surface area contributed by atoms with Crippen molar-refractivity contribution in [3.05, 3.63) is 59.2 Å². The first kappa shape index (κ1) is 21.5. The first-order valence-corrected chi connectivity index (χ1v) is 11.4. The van der Waals surface area contributed by atoms with Gasteiger partial charge in [0.15, 0.2) is 6.04 Å². The molecule has 1 aliphatic heterocycles. The van der Waals surface area contributed by atoms with Crippen LogP contribution in [0.5, 0.6) is 0 Å². The highest BCUT2D eigenvalue weighted by Crippen LogP contribution is 2.17. The van der Waals surface area contributed by atoms with Crippen molar-refractivity contribution in [2.75, 3.05) is 31.5 Å². The predicted octanol–water partition coefficient (Wildman–Crippen LogP) is 1.53. The molecule has 1 atom stereocenters. The summed E-state index contributed by atoms with van der Waals surface area (Å²) in [6.45, 7) is 9.83. The minimum Gasteiger partial charge on any atom is -0.323 e. The summed E-state index contributed by atoms with van der Waals surface area (Å²) in [4.78, 5) is 14.2. The molecule has 0 unspecified atom stereocenters. The zero-order chi connectivity index (χ0) is 21.2. The molecule has 0 spiro atoms. The quantitative estimate of drug-likeness (QED) is 0.777. The Bertz CT molecular complexity index is 979. The normalized spacial score (nSPS) is 17.1. The first-order chi connectivity index (χ1) is 13.7. The minimum atomic E-state index is -3.49. The molecular weight excluding hydrogens is 386 g/mol. The molecule has 0 saturated carbocycles. The van der Waals surface area contributed by atoms with Crippen molar-refractivity contribution in [1.82, 2.24) is 4.31 Å². The molecule has 1 heterocycles. The molecular formula is C22H30N3O3S+. The Balaban J connectivity index is 1.61. The predicted molar refractivity (Wildman–Crippen MR) is 115 cm³/mol. The van der Waals surface area contributed by atoms with E-state index in [-0.39, 0.29) is 11.9 Å². The van der Waals surface area contributed by atoms with Crippen molar-refractivity contribution in [3.63, 3.8) is 0 Å². The smallest absolute Gasteiger partial charge is 0.282 e. The highest BCUT2D eigenvalue weighted by molar-refractivity contribution is 7.89. The van der Waals surface area contributed by atoms with E-state index in [9.17, 15) is 13.2 Å². The van der Waals surface area contributed by atoms with Gasteiger partial charge in [0.05, 0.1) is 31.1 Å². The van der Waals surface area contributed by atoms with Gasteiger partial charge in [0.1, 0.15) is 0 Å². The van der Waals surface area contributed by atoms with Gasteiger partial charge in [0.2, 0.25) is 10.0 Å². The monoisotopic (exact) mass is 416 g/mol. The van der Waals surface area contributed by atoms with E-state index < -0.39 is 10.0 Å². The molecule has 0 aromatic heterocycles. The number of anilines is 1. The minimum absolute atomic E-state index is 0.0384. The molecule has 2 N–H and O–H groups in total. The number of piperazine rings is 1. The lowest BCUT2D eigenvalue weighted by atomic mass is 10.1. The molecule has 1 fully saturated rings. The third kappa shape index (κ3) is 4.86. The van der Waals surface area contributed by atoms with Gasteiger partial charge in [-0.15, -0.1) is 0 Å². The fourth-order valence-electron chi connectivity index (χ4n) is 3.60. The molecule has 2 aromatic carbocycles. The third-order valence-electron chi connectivity index (χ3n) is 5.68. The van der Waals surface area contributed by atoms with Gasteiger partial charge in [-0.3, -0.25) is 4.79 Å². The molecule has 1 saturated heterocycles. The van der Waals surface area contributed by atoms with Crippen molar-refractivity contribution < 1.29 is 18.1 Å². The van der Waals surface area contributed by atoms with Gasteiger partial charge >= 0.3 is 0 Å². The molecule has 0 aliphatic carbocycles. The fourth-order valence-corrected chi connectivity index (χ4v) is 5.04. The molecule has 0 radical (unpaired) electrons. The van der Waals surface area contributed by atoms with E-state index in [4.69, 9.17) is 0 Å². The second kappa shape index (κ2) is 8.65. The van der Waals surface area contributed by atoms with Gasteiger partial charge in [-0.25, -0.2) is 8.42 Å². The van der Waals surface area contributed by atoms with Crippen LogP contribution in [0.2, 0.25) is 0 Å². The Hall–Kier alpha value is -2.22. The molecule has 3 rings (SSSR count). The lowest BCUT2D eigenvalue weighted by Crippen LogP contribution is -3.19. The summed E-state index contributed by atoms with van der Waals surface area (Å²) in [5, 5.41) is 3.03. The van der Waals surface area contributed by atoms with Crippen LogP contribution >= 0.6 is 0 Å². The van der Waals surface area contributed by atoms with E-state index in [2.05, 4.69) is 5.32 Å². The maximum atomic E-state index is 12.9. The summed E-state index contributed by atoms with van der Waals surface area (Å²) in [6.07, 6.45) is 0. The number of aryl methyl sites for hydroxylation is 3. The van der Waals surface area contributed by atoms with E-state index in [1.807, 2.05) is 58.0 Å². The van der Waals surface area contributed by atoms with Crippen LogP contribution in [-0.4, -0.2) is 50.9 Å². The number of amides is 1. The summed E-state index contributed by atoms with van der Waals surface area (Å²) in [7, 11) is -3.49. The number of benzene rings is 2. The lowest BCUT2D eigenvalue weighted by Gasteiger charge is -2.34. The lowest BCUT2D eigenvalue weighted by molar-refractivity contribution is -0.917. The first-order valence-electron chi connectivity index (χ1n) is 9.98. The Kier molecular flexibility index (Phi) is 6.41. The van der Waals surface area contributed by atoms with Crippen molar-refractivity contribution >= 4 is 21.6 Å². The van der Waals surface area contributed by atoms with Crippen molar-refractivity contribution in [3.8, 4) is 0 Å². The Morgan fingerprint density at radius 2 is 1.59 bits per heavy atom. The van der Waals surface area contributed by atoms with Crippen LogP contribution in [0.1, 0.15) is 23.6 Å². The largest absolute Gasteiger partial charge is 0.323 e. The summed E-state index contributed by atoms with van der Waals surface area (Å²) < 4.78 is 27.2. The average molecular weight is 417 g/mol. The molecule has 0 bridgehead atoms. The van der Waals surface area contributed by atoms with Crippen LogP contribution in [0.25, 0.3) is 0 Å². The highest BCUT2D eigenvalue weighted by Gasteiger charge is 2.34. The number of hydrogen-bond donors (Lipinski definition) is 2. The van der Waals surface area contributed by atoms with Crippen LogP contribution in [-0.2, 0) is 14.8 Å². The Labute approximate surface area is 173 Å². The van der Waals surface area contributed by atoms with Crippen molar-refractivity contribution in [1.29, 1.82) is 0 Å². The van der Waals surface area contributed by atoms with Gasteiger partial charge in [0, 0.05) is 5.69 Å². The third-order valence-corrected chi connectivity index (χ3v) is 7.59. The SMILES string of the molecule is Cc1ccc(S(=O)(=O)N2CC[NH+]([C@@H](C)C(=O)Nc3cc(C)ccc3C)CC2)cc1. The maximum absolute atomic E-state index is 12.9. The number of carbonyl (C=O) groups is 1. The molecule has 1 aliphatic rings. The second-order valence-corrected chi connectivity index (χ2v) is 9.84. The van der Waals surface area contributed by atoms with Gasteiger partial charge in [-0.1, -0.05) is 29.8 Å². The van der Waals surface area contributed by atoms with E-state index >= 15 is 0 Å². The van der Waals surface area contributed by atoms with Gasteiger partial charge in [0.25, 0.3) is 5.91 Å². The standard InChI is InChI=1S/C22H29N3O3S/c1-16-6-9-20(10-7-16)29(27,28)25-13-11-24(12-14-25)19(4)22(26)23-21-15-17(2)5-8-18(21)3/h5-10,15,19H,11-14H2,1-4H3,(H,23,26)/p+1/t19-/m0/s1. The number of nitrogens with zero attached hydrogens (tertiary/aromatic N) is 1. The molecule has 156 valence electrons. The number of nitrogens with one attached hydrogen (secondary N) is 2. The van der Waals surface area contributed by atoms with Gasteiger partial charge in [-0.05, 0) is 57.0 Å². The summed E-state index contributed by atoms with van der Waals surface area (Å²) >= 11 is 0. The van der Waals surface area contributed by atoms with Crippen molar-refractivity contribution in [2.24, 2.45) is 0 Å². The summed E-state index contributed by atoms with van der Waals surface area (Å²) in [5.41, 5.74) is 3.99. The van der Waals surface area contributed by atoms with Gasteiger partial charge in [-0.2, -0.15) is 4.31 Å². The fraction of sp³-hybridized carbons (Fsp3) is 0.409. The van der Waals surface area contributed by atoms with Crippen LogP contribution in [0.3, 0.4) is 0 Å². The zero-order valence-corrected chi connectivity index (χ0v) is 18.3. The van der Waals surface area contributed by atoms with Crippen LogP contribution in [0, 0.1) is 20.8 Å². The molecule has 2 aromatic rings. The molecule has 1 amide bonds. The van der Waals surface area contributed by atoms with Gasteiger partial charge < -0.3 is 10.2 Å². The van der Waals surface area contributed by atoms with E-state index in [0.717, 1.165) is 27.3 Å². The number of carbonyl (C=O) groups excluding carboxylic acids is 1. The summed E-state index contributed by atoms with van der Waals surface area (Å²) in [6, 6.07) is 12.7. The highest BCUT2D eigenvalue weighted by atomic mass is 32.2. The maximum Gasteiger partial charge on any atom is 0.282 e. The van der Waals surface area contributed by atoms with Crippen LogP contribution < -0.4 is 10.2 Å². The topological polar surface area (TPSA) is 70.9 Å². The molecule has 6 nitrogen and oxygen atoms in total. The van der Waals surface area contributed by atoms with E-state index in [1.165, 1.54) is 4.31 Å². The van der Waals surface area contributed by atoms with E-state index in [1.54, 1.807) is 12.1 Å². The Morgan fingerprint density at radius 3 is 2.21 bits per heavy atom.